The number of hydrogen-bond acceptors (Lipinski definition) is 4. The summed E-state index contributed by atoms with van der Waals surface area (Å²) in [7, 11) is 0. The van der Waals surface area contributed by atoms with Gasteiger partial charge in [0.25, 0.3) is 0 Å². The molecule has 0 bridgehead atoms. The Morgan fingerprint density at radius 3 is 2.50 bits per heavy atom. The first-order chi connectivity index (χ1) is 8.42. The van der Waals surface area contributed by atoms with Gasteiger partial charge in [-0.25, -0.2) is 9.59 Å². The van der Waals surface area contributed by atoms with E-state index in [0.29, 0.717) is 6.54 Å². The lowest BCUT2D eigenvalue weighted by molar-refractivity contribution is -0.140. The molecule has 0 aliphatic rings. The van der Waals surface area contributed by atoms with Gasteiger partial charge in [0.05, 0.1) is 18.9 Å². The summed E-state index contributed by atoms with van der Waals surface area (Å²) in [6.45, 7) is 2.22. The second-order valence-electron chi connectivity index (χ2n) is 3.50. The minimum atomic E-state index is -1.36. The van der Waals surface area contributed by atoms with Crippen LogP contribution >= 0.6 is 0 Å². The van der Waals surface area contributed by atoms with Crippen molar-refractivity contribution in [1.82, 2.24) is 10.2 Å². The van der Waals surface area contributed by atoms with Crippen molar-refractivity contribution in [2.45, 2.75) is 25.8 Å². The molecule has 8 heteroatoms. The lowest BCUT2D eigenvalue weighted by atomic mass is 10.2. The molecule has 0 unspecified atom stereocenters. The van der Waals surface area contributed by atoms with Crippen molar-refractivity contribution < 1.29 is 19.5 Å². The van der Waals surface area contributed by atoms with Crippen LogP contribution in [0.25, 0.3) is 0 Å². The Morgan fingerprint density at radius 1 is 1.50 bits per heavy atom. The summed E-state index contributed by atoms with van der Waals surface area (Å²) in [5.41, 5.74) is 4.89. The third-order valence-corrected chi connectivity index (χ3v) is 2.16. The molecule has 0 saturated heterocycles. The molecule has 8 nitrogen and oxygen atoms in total. The van der Waals surface area contributed by atoms with Crippen molar-refractivity contribution in [2.75, 3.05) is 13.1 Å². The highest BCUT2D eigenvalue weighted by Crippen LogP contribution is 1.97. The molecule has 0 aliphatic heterocycles. The van der Waals surface area contributed by atoms with Gasteiger partial charge in [0, 0.05) is 13.1 Å². The van der Waals surface area contributed by atoms with Gasteiger partial charge >= 0.3 is 12.0 Å². The number of carboxylic acids is 1. The molecule has 0 aromatic heterocycles. The summed E-state index contributed by atoms with van der Waals surface area (Å²) >= 11 is 0. The molecule has 0 heterocycles. The van der Waals surface area contributed by atoms with Crippen LogP contribution < -0.4 is 11.1 Å². The number of hydrogen-bond donors (Lipinski definition) is 3. The van der Waals surface area contributed by atoms with E-state index in [2.05, 4.69) is 5.32 Å². The predicted molar refractivity (Wildman–Crippen MR) is 61.2 cm³/mol. The SMILES string of the molecule is CCN(CCC#N)C(=O)N[C@@H](CC(N)=O)C(=O)O. The highest BCUT2D eigenvalue weighted by molar-refractivity contribution is 5.87. The van der Waals surface area contributed by atoms with Gasteiger partial charge < -0.3 is 21.1 Å². The Balaban J connectivity index is 4.52. The third kappa shape index (κ3) is 5.69. The number of carboxylic acid groups (broad SMARTS) is 1. The number of primary amides is 1. The number of rotatable bonds is 7. The van der Waals surface area contributed by atoms with Crippen LogP contribution in [-0.4, -0.2) is 47.0 Å². The first-order valence-electron chi connectivity index (χ1n) is 5.35. The topological polar surface area (TPSA) is 137 Å². The number of amides is 3. The number of aliphatic carboxylic acids is 1. The van der Waals surface area contributed by atoms with Gasteiger partial charge in [0.1, 0.15) is 6.04 Å². The van der Waals surface area contributed by atoms with E-state index < -0.39 is 30.4 Å². The number of carbonyl (C=O) groups excluding carboxylic acids is 2. The van der Waals surface area contributed by atoms with Crippen molar-refractivity contribution in [3.05, 3.63) is 0 Å². The first kappa shape index (κ1) is 15.7. The standard InChI is InChI=1S/C10H16N4O4/c1-2-14(5-3-4-11)10(18)13-7(9(16)17)6-8(12)15/h7H,2-3,5-6H2,1H3,(H2,12,15)(H,13,18)(H,16,17)/t7-/m0/s1. The van der Waals surface area contributed by atoms with Crippen molar-refractivity contribution in [3.8, 4) is 6.07 Å². The van der Waals surface area contributed by atoms with E-state index >= 15 is 0 Å². The van der Waals surface area contributed by atoms with Crippen molar-refractivity contribution in [3.63, 3.8) is 0 Å². The Kier molecular flexibility index (Phi) is 6.88. The lowest BCUT2D eigenvalue weighted by Gasteiger charge is -2.22. The summed E-state index contributed by atoms with van der Waals surface area (Å²) in [5, 5.41) is 19.4. The van der Waals surface area contributed by atoms with Crippen LogP contribution in [0.15, 0.2) is 0 Å². The van der Waals surface area contributed by atoms with E-state index in [0.717, 1.165) is 0 Å². The van der Waals surface area contributed by atoms with E-state index in [-0.39, 0.29) is 13.0 Å². The number of nitrogens with zero attached hydrogens (tertiary/aromatic N) is 2. The summed E-state index contributed by atoms with van der Waals surface area (Å²) in [5.74, 6) is -2.15. The zero-order chi connectivity index (χ0) is 14.1. The van der Waals surface area contributed by atoms with E-state index in [1.54, 1.807) is 6.92 Å². The van der Waals surface area contributed by atoms with Crippen LogP contribution in [0.5, 0.6) is 0 Å². The average Bonchev–Trinajstić information content (AvgIpc) is 2.28. The summed E-state index contributed by atoms with van der Waals surface area (Å²) < 4.78 is 0. The molecule has 18 heavy (non-hydrogen) atoms. The predicted octanol–water partition coefficient (Wildman–Crippen LogP) is -0.740. The molecular weight excluding hydrogens is 240 g/mol. The molecule has 100 valence electrons. The van der Waals surface area contributed by atoms with E-state index in [4.69, 9.17) is 16.1 Å². The van der Waals surface area contributed by atoms with Gasteiger partial charge in [-0.05, 0) is 6.92 Å². The van der Waals surface area contributed by atoms with Gasteiger partial charge in [-0.15, -0.1) is 0 Å². The summed E-state index contributed by atoms with van der Waals surface area (Å²) in [6.07, 6.45) is -0.328. The van der Waals surface area contributed by atoms with E-state index in [1.807, 2.05) is 6.07 Å². The maximum Gasteiger partial charge on any atom is 0.326 e. The second-order valence-corrected chi connectivity index (χ2v) is 3.50. The van der Waals surface area contributed by atoms with Crippen LogP contribution in [0.1, 0.15) is 19.8 Å². The van der Waals surface area contributed by atoms with Crippen molar-refractivity contribution in [1.29, 1.82) is 5.26 Å². The Bertz CT molecular complexity index is 363. The molecule has 0 rings (SSSR count). The largest absolute Gasteiger partial charge is 0.480 e. The summed E-state index contributed by atoms with van der Waals surface area (Å²) in [6, 6.07) is -0.109. The minimum Gasteiger partial charge on any atom is -0.480 e. The Morgan fingerprint density at radius 2 is 2.11 bits per heavy atom. The highest BCUT2D eigenvalue weighted by atomic mass is 16.4. The fraction of sp³-hybridized carbons (Fsp3) is 0.600. The molecule has 0 saturated carbocycles. The molecule has 4 N–H and O–H groups in total. The number of urea groups is 1. The smallest absolute Gasteiger partial charge is 0.326 e. The van der Waals surface area contributed by atoms with Gasteiger partial charge in [0.2, 0.25) is 5.91 Å². The molecule has 3 amide bonds. The fourth-order valence-electron chi connectivity index (χ4n) is 1.23. The normalized spacial score (nSPS) is 11.1. The van der Waals surface area contributed by atoms with Gasteiger partial charge in [-0.1, -0.05) is 0 Å². The van der Waals surface area contributed by atoms with Crippen LogP contribution in [0.4, 0.5) is 4.79 Å². The average molecular weight is 256 g/mol. The molecule has 0 aliphatic carbocycles. The van der Waals surface area contributed by atoms with Crippen LogP contribution in [-0.2, 0) is 9.59 Å². The molecular formula is C10H16N4O4. The minimum absolute atomic E-state index is 0.148. The third-order valence-electron chi connectivity index (χ3n) is 2.16. The molecule has 0 fully saturated rings. The number of nitrogens with one attached hydrogen (secondary N) is 1. The number of nitrogens with two attached hydrogens (primary N) is 1. The monoisotopic (exact) mass is 256 g/mol. The highest BCUT2D eigenvalue weighted by Gasteiger charge is 2.24. The lowest BCUT2D eigenvalue weighted by Crippen LogP contribution is -2.49. The van der Waals surface area contributed by atoms with Gasteiger partial charge in [-0.3, -0.25) is 4.79 Å². The molecule has 0 aromatic rings. The number of nitriles is 1. The quantitative estimate of drug-likeness (QED) is 0.551. The number of carbonyl (C=O) groups is 3. The van der Waals surface area contributed by atoms with Crippen molar-refractivity contribution in [2.24, 2.45) is 5.73 Å². The maximum atomic E-state index is 11.7. The molecule has 0 aromatic carbocycles. The maximum absolute atomic E-state index is 11.7. The first-order valence-corrected chi connectivity index (χ1v) is 5.35. The van der Waals surface area contributed by atoms with Crippen molar-refractivity contribution >= 4 is 17.9 Å². The molecule has 0 spiro atoms. The van der Waals surface area contributed by atoms with E-state index in [9.17, 15) is 14.4 Å². The fourth-order valence-corrected chi connectivity index (χ4v) is 1.23. The second kappa shape index (κ2) is 7.89. The zero-order valence-corrected chi connectivity index (χ0v) is 10.0. The zero-order valence-electron chi connectivity index (χ0n) is 10.0. The van der Waals surface area contributed by atoms with E-state index in [1.165, 1.54) is 4.90 Å². The van der Waals surface area contributed by atoms with Gasteiger partial charge in [0.15, 0.2) is 0 Å². The van der Waals surface area contributed by atoms with Crippen LogP contribution in [0.3, 0.4) is 0 Å². The Hall–Kier alpha value is -2.30. The molecule has 1 atom stereocenters. The summed E-state index contributed by atoms with van der Waals surface area (Å²) in [4.78, 5) is 34.4. The molecule has 0 radical (unpaired) electrons. The van der Waals surface area contributed by atoms with Crippen LogP contribution in [0.2, 0.25) is 0 Å². The van der Waals surface area contributed by atoms with Gasteiger partial charge in [-0.2, -0.15) is 5.26 Å². The van der Waals surface area contributed by atoms with Crippen LogP contribution in [0, 0.1) is 11.3 Å². The Labute approximate surface area is 104 Å².